The first-order chi connectivity index (χ1) is 9.88. The molecule has 0 bridgehead atoms. The molecule has 0 aliphatic rings. The summed E-state index contributed by atoms with van der Waals surface area (Å²) in [5.74, 6) is -2.07. The monoisotopic (exact) mass is 332 g/mol. The molecule has 0 spiro atoms. The third kappa shape index (κ3) is 3.59. The summed E-state index contributed by atoms with van der Waals surface area (Å²) in [4.78, 5) is 9.97. The van der Waals surface area contributed by atoms with Crippen LogP contribution in [0.25, 0.3) is 0 Å². The molecule has 4 nitrogen and oxygen atoms in total. The van der Waals surface area contributed by atoms with E-state index in [4.69, 9.17) is 23.2 Å². The first kappa shape index (κ1) is 15.5. The van der Waals surface area contributed by atoms with Gasteiger partial charge >= 0.3 is 0 Å². The highest BCUT2D eigenvalue weighted by Gasteiger charge is 2.20. The van der Waals surface area contributed by atoms with Crippen LogP contribution in [0.4, 0.5) is 20.2 Å². The van der Waals surface area contributed by atoms with Crippen molar-refractivity contribution < 1.29 is 13.7 Å². The molecule has 0 aliphatic carbocycles. The lowest BCUT2D eigenvalue weighted by Gasteiger charge is -2.10. The Kier molecular flexibility index (Phi) is 4.59. The fourth-order valence-electron chi connectivity index (χ4n) is 1.73. The molecule has 2 aromatic rings. The summed E-state index contributed by atoms with van der Waals surface area (Å²) in [5, 5.41) is 14.2. The van der Waals surface area contributed by atoms with Crippen LogP contribution in [0.1, 0.15) is 5.56 Å². The van der Waals surface area contributed by atoms with Gasteiger partial charge in [0.25, 0.3) is 5.69 Å². The van der Waals surface area contributed by atoms with E-state index in [1.807, 2.05) is 0 Å². The molecule has 0 saturated carbocycles. The average molecular weight is 333 g/mol. The first-order valence-corrected chi connectivity index (χ1v) is 6.45. The Bertz CT molecular complexity index is 711. The molecule has 0 radical (unpaired) electrons. The van der Waals surface area contributed by atoms with Gasteiger partial charge < -0.3 is 5.32 Å². The zero-order chi connectivity index (χ0) is 15.6. The predicted octanol–water partition coefficient (Wildman–Crippen LogP) is 4.79. The van der Waals surface area contributed by atoms with Crippen molar-refractivity contribution in [1.82, 2.24) is 0 Å². The van der Waals surface area contributed by atoms with Crippen molar-refractivity contribution in [3.8, 4) is 0 Å². The molecular formula is C13H8Cl2F2N2O2. The molecular weight excluding hydrogens is 325 g/mol. The molecule has 0 aromatic heterocycles. The summed E-state index contributed by atoms with van der Waals surface area (Å²) in [6, 6.07) is 5.90. The van der Waals surface area contributed by atoms with Crippen LogP contribution in [-0.2, 0) is 6.54 Å². The standard InChI is InChI=1S/C13H8Cl2F2N2O2/c14-8-2-1-7(10(15)3-8)6-18-13-11(17)4-9(16)5-12(13)19(20)21/h1-5,18H,6H2. The first-order valence-electron chi connectivity index (χ1n) is 5.69. The maximum atomic E-state index is 13.7. The van der Waals surface area contributed by atoms with Crippen LogP contribution < -0.4 is 5.32 Å². The van der Waals surface area contributed by atoms with Gasteiger partial charge in [-0.1, -0.05) is 29.3 Å². The second-order valence-corrected chi connectivity index (χ2v) is 4.97. The van der Waals surface area contributed by atoms with E-state index < -0.39 is 27.9 Å². The van der Waals surface area contributed by atoms with E-state index in [2.05, 4.69) is 5.32 Å². The topological polar surface area (TPSA) is 55.2 Å². The van der Waals surface area contributed by atoms with Crippen molar-refractivity contribution in [2.24, 2.45) is 0 Å². The maximum absolute atomic E-state index is 13.7. The highest BCUT2D eigenvalue weighted by atomic mass is 35.5. The molecule has 0 heterocycles. The van der Waals surface area contributed by atoms with Gasteiger partial charge in [0.05, 0.1) is 11.0 Å². The average Bonchev–Trinajstić information content (AvgIpc) is 2.38. The number of nitrogens with one attached hydrogen (secondary N) is 1. The summed E-state index contributed by atoms with van der Waals surface area (Å²) in [6.45, 7) is 0.0272. The SMILES string of the molecule is O=[N+]([O-])c1cc(F)cc(F)c1NCc1ccc(Cl)cc1Cl. The zero-order valence-corrected chi connectivity index (χ0v) is 11.9. The minimum atomic E-state index is -1.05. The van der Waals surface area contributed by atoms with Crippen molar-refractivity contribution in [2.75, 3.05) is 5.32 Å². The zero-order valence-electron chi connectivity index (χ0n) is 10.4. The number of hydrogen-bond donors (Lipinski definition) is 1. The van der Waals surface area contributed by atoms with E-state index in [0.717, 1.165) is 0 Å². The van der Waals surface area contributed by atoms with E-state index >= 15 is 0 Å². The lowest BCUT2D eigenvalue weighted by molar-refractivity contribution is -0.384. The van der Waals surface area contributed by atoms with Crippen molar-refractivity contribution >= 4 is 34.6 Å². The Morgan fingerprint density at radius 3 is 2.52 bits per heavy atom. The number of halogens is 4. The molecule has 2 aromatic carbocycles. The number of nitrogens with zero attached hydrogens (tertiary/aromatic N) is 1. The molecule has 1 N–H and O–H groups in total. The normalized spacial score (nSPS) is 10.5. The van der Waals surface area contributed by atoms with Gasteiger partial charge in [-0.3, -0.25) is 10.1 Å². The highest BCUT2D eigenvalue weighted by Crippen LogP contribution is 2.30. The van der Waals surface area contributed by atoms with Crippen LogP contribution in [0.2, 0.25) is 10.0 Å². The summed E-state index contributed by atoms with van der Waals surface area (Å²) < 4.78 is 26.7. The smallest absolute Gasteiger partial charge is 0.298 e. The van der Waals surface area contributed by atoms with Gasteiger partial charge in [0.15, 0.2) is 5.82 Å². The van der Waals surface area contributed by atoms with Crippen LogP contribution in [0, 0.1) is 21.7 Å². The molecule has 2 rings (SSSR count). The van der Waals surface area contributed by atoms with E-state index in [0.29, 0.717) is 27.7 Å². The molecule has 110 valence electrons. The third-order valence-corrected chi connectivity index (χ3v) is 3.29. The maximum Gasteiger partial charge on any atom is 0.298 e. The second kappa shape index (κ2) is 6.24. The number of rotatable bonds is 4. The Morgan fingerprint density at radius 2 is 1.90 bits per heavy atom. The number of nitro benzene ring substituents is 1. The van der Waals surface area contributed by atoms with Gasteiger partial charge in [0.2, 0.25) is 0 Å². The van der Waals surface area contributed by atoms with Gasteiger partial charge in [0.1, 0.15) is 11.5 Å². The van der Waals surface area contributed by atoms with Gasteiger partial charge in [-0.2, -0.15) is 0 Å². The van der Waals surface area contributed by atoms with Crippen LogP contribution in [0.5, 0.6) is 0 Å². The Morgan fingerprint density at radius 1 is 1.19 bits per heavy atom. The number of hydrogen-bond acceptors (Lipinski definition) is 3. The molecule has 0 saturated heterocycles. The van der Waals surface area contributed by atoms with Crippen molar-refractivity contribution in [3.63, 3.8) is 0 Å². The Hall–Kier alpha value is -1.92. The number of nitro groups is 1. The van der Waals surface area contributed by atoms with Crippen molar-refractivity contribution in [2.45, 2.75) is 6.54 Å². The lowest BCUT2D eigenvalue weighted by atomic mass is 10.2. The minimum Gasteiger partial charge on any atom is -0.373 e. The molecule has 0 aliphatic heterocycles. The largest absolute Gasteiger partial charge is 0.373 e. The van der Waals surface area contributed by atoms with Gasteiger partial charge in [-0.15, -0.1) is 0 Å². The predicted molar refractivity (Wildman–Crippen MR) is 76.8 cm³/mol. The summed E-state index contributed by atoms with van der Waals surface area (Å²) in [7, 11) is 0. The molecule has 0 fully saturated rings. The quantitative estimate of drug-likeness (QED) is 0.646. The van der Waals surface area contributed by atoms with E-state index in [9.17, 15) is 18.9 Å². The van der Waals surface area contributed by atoms with Crippen LogP contribution in [-0.4, -0.2) is 4.92 Å². The minimum absolute atomic E-state index is 0.0272. The molecule has 0 amide bonds. The van der Waals surface area contributed by atoms with Crippen LogP contribution in [0.3, 0.4) is 0 Å². The Balaban J connectivity index is 2.29. The van der Waals surface area contributed by atoms with Crippen LogP contribution >= 0.6 is 23.2 Å². The van der Waals surface area contributed by atoms with E-state index in [-0.39, 0.29) is 6.54 Å². The molecule has 21 heavy (non-hydrogen) atoms. The third-order valence-electron chi connectivity index (χ3n) is 2.70. The van der Waals surface area contributed by atoms with Gasteiger partial charge in [-0.25, -0.2) is 8.78 Å². The van der Waals surface area contributed by atoms with Gasteiger partial charge in [-0.05, 0) is 17.7 Å². The van der Waals surface area contributed by atoms with E-state index in [1.165, 1.54) is 6.07 Å². The fourth-order valence-corrected chi connectivity index (χ4v) is 2.20. The fraction of sp³-hybridized carbons (Fsp3) is 0.0769. The number of anilines is 1. The summed E-state index contributed by atoms with van der Waals surface area (Å²) >= 11 is 11.7. The van der Waals surface area contributed by atoms with Crippen LogP contribution in [0.15, 0.2) is 30.3 Å². The Labute approximate surface area is 128 Å². The highest BCUT2D eigenvalue weighted by molar-refractivity contribution is 6.35. The lowest BCUT2D eigenvalue weighted by Crippen LogP contribution is -2.06. The van der Waals surface area contributed by atoms with E-state index in [1.54, 1.807) is 12.1 Å². The molecule has 8 heteroatoms. The molecule has 0 atom stereocenters. The number of benzene rings is 2. The second-order valence-electron chi connectivity index (χ2n) is 4.13. The summed E-state index contributed by atoms with van der Waals surface area (Å²) in [6.07, 6.45) is 0. The molecule has 0 unspecified atom stereocenters. The summed E-state index contributed by atoms with van der Waals surface area (Å²) in [5.41, 5.74) is -0.510. The van der Waals surface area contributed by atoms with Gasteiger partial charge in [0, 0.05) is 22.7 Å². The van der Waals surface area contributed by atoms with Crippen molar-refractivity contribution in [3.05, 3.63) is 67.7 Å². The van der Waals surface area contributed by atoms with Crippen molar-refractivity contribution in [1.29, 1.82) is 0 Å².